The molecule has 0 aliphatic rings. The first-order valence-corrected chi connectivity index (χ1v) is 10.7. The Morgan fingerprint density at radius 3 is 1.37 bits per heavy atom. The monoisotopic (exact) mass is 578 g/mol. The minimum absolute atomic E-state index is 0.206. The molecule has 0 heterocycles. The summed E-state index contributed by atoms with van der Waals surface area (Å²) >= 11 is 1.27. The minimum atomic E-state index is -7.20. The zero-order chi connectivity index (χ0) is 24.1. The Balaban J connectivity index is 5.62. The van der Waals surface area contributed by atoms with Gasteiger partial charge in [-0.15, -0.1) is 0 Å². The van der Waals surface area contributed by atoms with E-state index in [1.54, 1.807) is 0 Å². The molecule has 0 nitrogen and oxygen atoms in total. The fraction of sp³-hybridized carbons (Fsp3) is 1.00. The van der Waals surface area contributed by atoms with Gasteiger partial charge in [-0.1, -0.05) is 81.4 Å². The highest BCUT2D eigenvalue weighted by Gasteiger charge is 2.86. The van der Waals surface area contributed by atoms with Crippen molar-refractivity contribution in [2.75, 3.05) is 0 Å². The van der Waals surface area contributed by atoms with Crippen molar-refractivity contribution in [3.05, 3.63) is 0 Å². The van der Waals surface area contributed by atoms with Gasteiger partial charge in [0.1, 0.15) is 0 Å². The SMILES string of the molecule is CCCCCCCCCC(I)(CC)CC(F)(C(F)(F)F)C(F)(F)C(F)(F)C(F)(F)F. The van der Waals surface area contributed by atoms with Crippen molar-refractivity contribution in [2.45, 2.75) is 111 Å². The molecule has 0 aliphatic heterocycles. The predicted octanol–water partition coefficient (Wildman–Crippen LogP) is 9.20. The van der Waals surface area contributed by atoms with Gasteiger partial charge in [-0.25, -0.2) is 4.39 Å². The standard InChI is InChI=1S/C18H26F11I/c1-3-5-6-7-8-9-10-11-13(30,4-2)12-14(19,17(24,25)26)15(20,21)16(22,23)18(27,28)29/h3-12H2,1-2H3. The highest BCUT2D eigenvalue weighted by atomic mass is 127. The van der Waals surface area contributed by atoms with Gasteiger partial charge in [-0.2, -0.15) is 43.9 Å². The summed E-state index contributed by atoms with van der Waals surface area (Å²) in [6, 6.07) is 0. The molecule has 0 rings (SSSR count). The van der Waals surface area contributed by atoms with E-state index in [4.69, 9.17) is 0 Å². The largest absolute Gasteiger partial charge is 0.460 e. The van der Waals surface area contributed by atoms with Crippen LogP contribution in [0.25, 0.3) is 0 Å². The molecule has 12 heteroatoms. The van der Waals surface area contributed by atoms with E-state index in [-0.39, 0.29) is 19.3 Å². The lowest BCUT2D eigenvalue weighted by molar-refractivity contribution is -0.413. The van der Waals surface area contributed by atoms with Crippen molar-refractivity contribution < 1.29 is 48.3 Å². The maximum Gasteiger partial charge on any atom is 0.460 e. The van der Waals surface area contributed by atoms with Crippen molar-refractivity contribution in [3.63, 3.8) is 0 Å². The average Bonchev–Trinajstić information content (AvgIpc) is 2.58. The summed E-state index contributed by atoms with van der Waals surface area (Å²) in [5, 5.41) is 0. The third-order valence-electron chi connectivity index (χ3n) is 5.12. The molecule has 0 fully saturated rings. The van der Waals surface area contributed by atoms with Gasteiger partial charge < -0.3 is 0 Å². The van der Waals surface area contributed by atoms with Crippen LogP contribution in [-0.2, 0) is 0 Å². The van der Waals surface area contributed by atoms with Crippen LogP contribution < -0.4 is 0 Å². The van der Waals surface area contributed by atoms with Gasteiger partial charge in [0.2, 0.25) is 0 Å². The zero-order valence-corrected chi connectivity index (χ0v) is 18.8. The van der Waals surface area contributed by atoms with Gasteiger partial charge in [0.25, 0.3) is 5.67 Å². The summed E-state index contributed by atoms with van der Waals surface area (Å²) in [5.74, 6) is -14.2. The Morgan fingerprint density at radius 1 is 0.567 bits per heavy atom. The second-order valence-corrected chi connectivity index (χ2v) is 9.79. The molecule has 0 aromatic carbocycles. The maximum absolute atomic E-state index is 14.6. The van der Waals surface area contributed by atoms with E-state index >= 15 is 0 Å². The Kier molecular flexibility index (Phi) is 10.7. The molecule has 0 aromatic rings. The number of rotatable bonds is 13. The molecule has 30 heavy (non-hydrogen) atoms. The molecule has 182 valence electrons. The van der Waals surface area contributed by atoms with Crippen molar-refractivity contribution in [1.29, 1.82) is 0 Å². The van der Waals surface area contributed by atoms with Crippen LogP contribution in [0, 0.1) is 0 Å². The molecule has 2 unspecified atom stereocenters. The van der Waals surface area contributed by atoms with E-state index in [0.29, 0.717) is 12.8 Å². The van der Waals surface area contributed by atoms with Gasteiger partial charge in [-0.3, -0.25) is 0 Å². The summed E-state index contributed by atoms with van der Waals surface area (Å²) in [6.07, 6.45) is -11.3. The van der Waals surface area contributed by atoms with Gasteiger partial charge in [0.15, 0.2) is 0 Å². The minimum Gasteiger partial charge on any atom is -0.227 e. The number of alkyl halides is 12. The third-order valence-corrected chi connectivity index (χ3v) is 6.80. The summed E-state index contributed by atoms with van der Waals surface area (Å²) in [7, 11) is 0. The van der Waals surface area contributed by atoms with Crippen LogP contribution >= 0.6 is 22.6 Å². The molecule has 0 aromatic heterocycles. The third kappa shape index (κ3) is 6.73. The van der Waals surface area contributed by atoms with Crippen LogP contribution in [0.3, 0.4) is 0 Å². The summed E-state index contributed by atoms with van der Waals surface area (Å²) in [5.41, 5.74) is -6.06. The van der Waals surface area contributed by atoms with Gasteiger partial charge in [0.05, 0.1) is 0 Å². The van der Waals surface area contributed by atoms with E-state index in [1.807, 2.05) is 6.92 Å². The van der Waals surface area contributed by atoms with Gasteiger partial charge in [-0.05, 0) is 12.8 Å². The fourth-order valence-electron chi connectivity index (χ4n) is 3.04. The lowest BCUT2D eigenvalue weighted by Gasteiger charge is -2.43. The first-order chi connectivity index (χ1) is 13.3. The van der Waals surface area contributed by atoms with Crippen LogP contribution in [0.15, 0.2) is 0 Å². The Labute approximate surface area is 182 Å². The number of hydrogen-bond donors (Lipinski definition) is 0. The average molecular weight is 578 g/mol. The Bertz CT molecular complexity index is 515. The van der Waals surface area contributed by atoms with Crippen LogP contribution in [-0.4, -0.2) is 33.3 Å². The van der Waals surface area contributed by atoms with Crippen molar-refractivity contribution in [1.82, 2.24) is 0 Å². The molecule has 2 atom stereocenters. The van der Waals surface area contributed by atoms with Crippen LogP contribution in [0.1, 0.15) is 78.1 Å². The van der Waals surface area contributed by atoms with E-state index in [9.17, 15) is 48.3 Å². The lowest BCUT2D eigenvalue weighted by atomic mass is 9.80. The number of halogens is 12. The van der Waals surface area contributed by atoms with E-state index in [1.165, 1.54) is 29.5 Å². The highest BCUT2D eigenvalue weighted by Crippen LogP contribution is 2.60. The molecule has 0 spiro atoms. The normalized spacial score (nSPS) is 18.2. The van der Waals surface area contributed by atoms with Crippen LogP contribution in [0.5, 0.6) is 0 Å². The van der Waals surface area contributed by atoms with Crippen molar-refractivity contribution in [3.8, 4) is 0 Å². The quantitative estimate of drug-likeness (QED) is 0.0885. The summed E-state index contributed by atoms with van der Waals surface area (Å²) in [6.45, 7) is 3.23. The molecule has 0 saturated carbocycles. The molecule has 0 radical (unpaired) electrons. The molecule has 0 saturated heterocycles. The van der Waals surface area contributed by atoms with Gasteiger partial charge in [0, 0.05) is 9.84 Å². The van der Waals surface area contributed by atoms with Gasteiger partial charge >= 0.3 is 24.2 Å². The van der Waals surface area contributed by atoms with Crippen molar-refractivity contribution >= 4 is 22.6 Å². The fourth-order valence-corrected chi connectivity index (χ4v) is 3.95. The first kappa shape index (κ1) is 30.0. The van der Waals surface area contributed by atoms with Crippen LogP contribution in [0.4, 0.5) is 48.3 Å². The van der Waals surface area contributed by atoms with E-state index in [0.717, 1.165) is 25.7 Å². The molecule has 0 N–H and O–H groups in total. The topological polar surface area (TPSA) is 0 Å². The molecule has 0 aliphatic carbocycles. The summed E-state index contributed by atoms with van der Waals surface area (Å²) in [4.78, 5) is 0. The molecular weight excluding hydrogens is 552 g/mol. The first-order valence-electron chi connectivity index (χ1n) is 9.60. The summed E-state index contributed by atoms with van der Waals surface area (Å²) < 4.78 is 144. The maximum atomic E-state index is 14.6. The number of hydrogen-bond acceptors (Lipinski definition) is 0. The smallest absolute Gasteiger partial charge is 0.227 e. The lowest BCUT2D eigenvalue weighted by Crippen LogP contribution is -2.68. The zero-order valence-electron chi connectivity index (χ0n) is 16.6. The Hall–Kier alpha value is -0.0400. The molecule has 0 bridgehead atoms. The number of unbranched alkanes of at least 4 members (excludes halogenated alkanes) is 6. The predicted molar refractivity (Wildman–Crippen MR) is 100 cm³/mol. The Morgan fingerprint density at radius 2 is 1.00 bits per heavy atom. The molecule has 0 amide bonds. The highest BCUT2D eigenvalue weighted by molar-refractivity contribution is 14.1. The van der Waals surface area contributed by atoms with Crippen molar-refractivity contribution in [2.24, 2.45) is 0 Å². The van der Waals surface area contributed by atoms with E-state index < -0.39 is 39.7 Å². The molecular formula is C18H26F11I. The second-order valence-electron chi connectivity index (χ2n) is 7.50. The van der Waals surface area contributed by atoms with E-state index in [2.05, 4.69) is 0 Å². The second kappa shape index (κ2) is 10.7. The van der Waals surface area contributed by atoms with Crippen LogP contribution in [0.2, 0.25) is 0 Å².